The molecule has 1 aromatic carbocycles. The van der Waals surface area contributed by atoms with Crippen molar-refractivity contribution in [3.8, 4) is 6.07 Å². The third-order valence-electron chi connectivity index (χ3n) is 2.13. The van der Waals surface area contributed by atoms with Crippen LogP contribution in [0.2, 0.25) is 0 Å². The number of aliphatic carboxylic acids is 1. The van der Waals surface area contributed by atoms with Crippen LogP contribution in [0.1, 0.15) is 24.5 Å². The number of aliphatic hydroxyl groups is 1. The van der Waals surface area contributed by atoms with E-state index < -0.39 is 11.6 Å². The monoisotopic (exact) mass is 205 g/mol. The molecule has 0 saturated heterocycles. The summed E-state index contributed by atoms with van der Waals surface area (Å²) in [4.78, 5) is 10.5. The zero-order valence-corrected chi connectivity index (χ0v) is 8.27. The quantitative estimate of drug-likeness (QED) is 0.777. The number of carbonyl (C=O) groups is 1. The van der Waals surface area contributed by atoms with Crippen LogP contribution >= 0.6 is 0 Å². The number of rotatable bonds is 3. The molecule has 2 N–H and O–H groups in total. The van der Waals surface area contributed by atoms with Gasteiger partial charge in [-0.3, -0.25) is 4.79 Å². The highest BCUT2D eigenvalue weighted by Crippen LogP contribution is 2.24. The molecule has 0 aromatic heterocycles. The van der Waals surface area contributed by atoms with Gasteiger partial charge in [0.1, 0.15) is 0 Å². The van der Waals surface area contributed by atoms with Crippen LogP contribution in [0.4, 0.5) is 0 Å². The summed E-state index contributed by atoms with van der Waals surface area (Å²) in [6.07, 6.45) is -0.362. The van der Waals surface area contributed by atoms with Gasteiger partial charge in [-0.15, -0.1) is 0 Å². The predicted molar refractivity (Wildman–Crippen MR) is 53.0 cm³/mol. The molecule has 0 spiro atoms. The van der Waals surface area contributed by atoms with Gasteiger partial charge < -0.3 is 10.2 Å². The summed E-state index contributed by atoms with van der Waals surface area (Å²) in [5.74, 6) is -1.07. The highest BCUT2D eigenvalue weighted by molar-refractivity contribution is 5.68. The fraction of sp³-hybridized carbons (Fsp3) is 0.273. The Balaban J connectivity index is 2.95. The Morgan fingerprint density at radius 2 is 2.00 bits per heavy atom. The first-order valence-electron chi connectivity index (χ1n) is 4.40. The lowest BCUT2D eigenvalue weighted by molar-refractivity contribution is -0.142. The molecule has 0 heterocycles. The molecule has 0 aliphatic carbocycles. The largest absolute Gasteiger partial charge is 0.481 e. The average Bonchev–Trinajstić information content (AvgIpc) is 2.16. The first-order chi connectivity index (χ1) is 6.95. The topological polar surface area (TPSA) is 81.3 Å². The number of hydrogen-bond donors (Lipinski definition) is 2. The summed E-state index contributed by atoms with van der Waals surface area (Å²) in [7, 11) is 0. The van der Waals surface area contributed by atoms with Crippen LogP contribution < -0.4 is 0 Å². The van der Waals surface area contributed by atoms with Crippen LogP contribution in [0, 0.1) is 11.3 Å². The first kappa shape index (κ1) is 11.2. The Morgan fingerprint density at radius 3 is 2.40 bits per heavy atom. The molecule has 0 fully saturated rings. The van der Waals surface area contributed by atoms with Gasteiger partial charge in [0.25, 0.3) is 0 Å². The van der Waals surface area contributed by atoms with E-state index >= 15 is 0 Å². The summed E-state index contributed by atoms with van der Waals surface area (Å²) >= 11 is 0. The molecular weight excluding hydrogens is 194 g/mol. The van der Waals surface area contributed by atoms with Crippen molar-refractivity contribution in [3.63, 3.8) is 0 Å². The Morgan fingerprint density at radius 1 is 1.47 bits per heavy atom. The Hall–Kier alpha value is -1.86. The number of nitriles is 1. The average molecular weight is 205 g/mol. The van der Waals surface area contributed by atoms with E-state index in [-0.39, 0.29) is 6.42 Å². The van der Waals surface area contributed by atoms with Crippen LogP contribution in [-0.4, -0.2) is 16.2 Å². The summed E-state index contributed by atoms with van der Waals surface area (Å²) in [5, 5.41) is 27.0. The van der Waals surface area contributed by atoms with Crippen LogP contribution in [0.25, 0.3) is 0 Å². The number of nitrogens with zero attached hydrogens (tertiary/aromatic N) is 1. The van der Waals surface area contributed by atoms with Crippen molar-refractivity contribution in [1.82, 2.24) is 0 Å². The maximum atomic E-state index is 10.5. The summed E-state index contributed by atoms with van der Waals surface area (Å²) in [5.41, 5.74) is -0.436. The van der Waals surface area contributed by atoms with Gasteiger partial charge in [-0.25, -0.2) is 0 Å². The Labute approximate surface area is 87.4 Å². The van der Waals surface area contributed by atoms with Crippen molar-refractivity contribution in [1.29, 1.82) is 5.26 Å². The van der Waals surface area contributed by atoms with E-state index in [4.69, 9.17) is 10.4 Å². The molecule has 0 amide bonds. The normalized spacial score (nSPS) is 13.9. The number of hydrogen-bond acceptors (Lipinski definition) is 3. The van der Waals surface area contributed by atoms with Crippen molar-refractivity contribution >= 4 is 5.97 Å². The lowest BCUT2D eigenvalue weighted by Crippen LogP contribution is -2.24. The molecule has 1 rings (SSSR count). The van der Waals surface area contributed by atoms with Gasteiger partial charge in [0.05, 0.1) is 23.7 Å². The summed E-state index contributed by atoms with van der Waals surface area (Å²) < 4.78 is 0. The zero-order chi connectivity index (χ0) is 11.5. The van der Waals surface area contributed by atoms with E-state index in [0.29, 0.717) is 11.1 Å². The Bertz CT molecular complexity index is 401. The second-order valence-corrected chi connectivity index (χ2v) is 3.53. The van der Waals surface area contributed by atoms with Gasteiger partial charge in [0, 0.05) is 0 Å². The van der Waals surface area contributed by atoms with Crippen LogP contribution in [0.3, 0.4) is 0 Å². The van der Waals surface area contributed by atoms with Crippen LogP contribution in [0.15, 0.2) is 24.3 Å². The SMILES string of the molecule is CC(O)(CC(=O)O)c1ccc(C#N)cc1. The van der Waals surface area contributed by atoms with E-state index in [1.165, 1.54) is 6.92 Å². The number of benzene rings is 1. The van der Waals surface area contributed by atoms with Gasteiger partial charge in [-0.2, -0.15) is 5.26 Å². The van der Waals surface area contributed by atoms with Gasteiger partial charge >= 0.3 is 5.97 Å². The third kappa shape index (κ3) is 2.79. The van der Waals surface area contributed by atoms with E-state index in [0.717, 1.165) is 0 Å². The number of carboxylic acids is 1. The van der Waals surface area contributed by atoms with Gasteiger partial charge in [0.2, 0.25) is 0 Å². The smallest absolute Gasteiger partial charge is 0.306 e. The number of carboxylic acid groups (broad SMARTS) is 1. The van der Waals surface area contributed by atoms with Crippen molar-refractivity contribution in [2.45, 2.75) is 18.9 Å². The van der Waals surface area contributed by atoms with Crippen LogP contribution in [0.5, 0.6) is 0 Å². The van der Waals surface area contributed by atoms with Crippen molar-refractivity contribution in [2.24, 2.45) is 0 Å². The van der Waals surface area contributed by atoms with E-state index in [1.807, 2.05) is 6.07 Å². The molecule has 78 valence electrons. The lowest BCUT2D eigenvalue weighted by atomic mass is 9.92. The molecule has 15 heavy (non-hydrogen) atoms. The van der Waals surface area contributed by atoms with Crippen molar-refractivity contribution in [3.05, 3.63) is 35.4 Å². The summed E-state index contributed by atoms with van der Waals surface area (Å²) in [6, 6.07) is 8.16. The molecule has 0 aliphatic rings. The third-order valence-corrected chi connectivity index (χ3v) is 2.13. The summed E-state index contributed by atoms with van der Waals surface area (Å²) in [6.45, 7) is 1.43. The molecule has 0 radical (unpaired) electrons. The molecular formula is C11H11NO3. The molecule has 0 bridgehead atoms. The lowest BCUT2D eigenvalue weighted by Gasteiger charge is -2.21. The first-order valence-corrected chi connectivity index (χ1v) is 4.40. The standard InChI is InChI=1S/C11H11NO3/c1-11(15,6-10(13)14)9-4-2-8(7-12)3-5-9/h2-5,15H,6H2,1H3,(H,13,14). The van der Waals surface area contributed by atoms with Crippen molar-refractivity contribution < 1.29 is 15.0 Å². The molecule has 1 atom stereocenters. The molecule has 1 aromatic rings. The highest BCUT2D eigenvalue weighted by atomic mass is 16.4. The van der Waals surface area contributed by atoms with Gasteiger partial charge in [-0.1, -0.05) is 12.1 Å². The maximum absolute atomic E-state index is 10.5. The second-order valence-electron chi connectivity index (χ2n) is 3.53. The van der Waals surface area contributed by atoms with Gasteiger partial charge in [-0.05, 0) is 24.6 Å². The van der Waals surface area contributed by atoms with E-state index in [9.17, 15) is 9.90 Å². The van der Waals surface area contributed by atoms with Gasteiger partial charge in [0.15, 0.2) is 0 Å². The zero-order valence-electron chi connectivity index (χ0n) is 8.27. The Kier molecular flexibility index (Phi) is 3.08. The molecule has 0 aliphatic heterocycles. The minimum absolute atomic E-state index is 0.362. The highest BCUT2D eigenvalue weighted by Gasteiger charge is 2.26. The molecule has 4 heteroatoms. The maximum Gasteiger partial charge on any atom is 0.306 e. The van der Waals surface area contributed by atoms with E-state index in [1.54, 1.807) is 24.3 Å². The minimum Gasteiger partial charge on any atom is -0.481 e. The van der Waals surface area contributed by atoms with Crippen molar-refractivity contribution in [2.75, 3.05) is 0 Å². The minimum atomic E-state index is -1.40. The van der Waals surface area contributed by atoms with Crippen LogP contribution in [-0.2, 0) is 10.4 Å². The fourth-order valence-electron chi connectivity index (χ4n) is 1.30. The molecule has 1 unspecified atom stereocenters. The fourth-order valence-corrected chi connectivity index (χ4v) is 1.30. The molecule has 4 nitrogen and oxygen atoms in total. The predicted octanol–water partition coefficient (Wildman–Crippen LogP) is 1.24. The molecule has 0 saturated carbocycles. The van der Waals surface area contributed by atoms with E-state index in [2.05, 4.69) is 0 Å². The second kappa shape index (κ2) is 4.11.